The van der Waals surface area contributed by atoms with Crippen molar-refractivity contribution in [2.24, 2.45) is 0 Å². The van der Waals surface area contributed by atoms with Gasteiger partial charge < -0.3 is 15.3 Å². The predicted octanol–water partition coefficient (Wildman–Crippen LogP) is 2.95. The van der Waals surface area contributed by atoms with Gasteiger partial charge in [0.25, 0.3) is 0 Å². The van der Waals surface area contributed by atoms with E-state index >= 15 is 0 Å². The maximum atomic E-state index is 12.0. The van der Waals surface area contributed by atoms with Crippen LogP contribution in [0.15, 0.2) is 24.4 Å². The van der Waals surface area contributed by atoms with Gasteiger partial charge in [-0.05, 0) is 52.9 Å². The van der Waals surface area contributed by atoms with Gasteiger partial charge in [-0.1, -0.05) is 6.07 Å². The lowest BCUT2D eigenvalue weighted by atomic mass is 9.83. The first kappa shape index (κ1) is 19.0. The summed E-state index contributed by atoms with van der Waals surface area (Å²) in [7, 11) is 0. The molecule has 0 aromatic carbocycles. The SMILES string of the molecule is CC(C)(C)OC(=O)NC1CCN([C@H]2CC[C@H](c3cccc[n+]3[O-])CC2)C1. The molecule has 1 N–H and O–H groups in total. The largest absolute Gasteiger partial charge is 0.618 e. The Kier molecular flexibility index (Phi) is 5.70. The summed E-state index contributed by atoms with van der Waals surface area (Å²) in [5, 5.41) is 15.0. The van der Waals surface area contributed by atoms with Crippen molar-refractivity contribution in [1.82, 2.24) is 10.2 Å². The van der Waals surface area contributed by atoms with Gasteiger partial charge in [-0.3, -0.25) is 4.90 Å². The Labute approximate surface area is 156 Å². The molecule has 0 spiro atoms. The summed E-state index contributed by atoms with van der Waals surface area (Å²) in [5.74, 6) is 0.364. The second-order valence-corrected chi connectivity index (χ2v) is 8.58. The van der Waals surface area contributed by atoms with E-state index < -0.39 is 5.60 Å². The van der Waals surface area contributed by atoms with Gasteiger partial charge >= 0.3 is 6.09 Å². The number of nitrogens with zero attached hydrogens (tertiary/aromatic N) is 2. The van der Waals surface area contributed by atoms with Gasteiger partial charge in [-0.15, -0.1) is 0 Å². The summed E-state index contributed by atoms with van der Waals surface area (Å²) in [6.45, 7) is 7.54. The van der Waals surface area contributed by atoms with E-state index in [0.717, 1.165) is 55.6 Å². The molecule has 2 fully saturated rings. The number of aromatic nitrogens is 1. The fourth-order valence-electron chi connectivity index (χ4n) is 4.21. The first-order chi connectivity index (χ1) is 12.3. The van der Waals surface area contributed by atoms with Crippen molar-refractivity contribution < 1.29 is 14.3 Å². The number of rotatable bonds is 3. The quantitative estimate of drug-likeness (QED) is 0.664. The highest BCUT2D eigenvalue weighted by molar-refractivity contribution is 5.68. The molecule has 26 heavy (non-hydrogen) atoms. The maximum Gasteiger partial charge on any atom is 0.407 e. The van der Waals surface area contributed by atoms with E-state index in [1.807, 2.05) is 32.9 Å². The molecule has 2 aliphatic rings. The third kappa shape index (κ3) is 4.87. The van der Waals surface area contributed by atoms with Crippen LogP contribution in [0.3, 0.4) is 0 Å². The molecule has 6 heteroatoms. The van der Waals surface area contributed by atoms with Crippen LogP contribution < -0.4 is 10.0 Å². The van der Waals surface area contributed by atoms with Crippen LogP contribution in [-0.4, -0.2) is 41.8 Å². The molecule has 1 aromatic heterocycles. The number of pyridine rings is 1. The van der Waals surface area contributed by atoms with Crippen LogP contribution >= 0.6 is 0 Å². The Morgan fingerprint density at radius 1 is 1.23 bits per heavy atom. The number of amides is 1. The second-order valence-electron chi connectivity index (χ2n) is 8.58. The fraction of sp³-hybridized carbons (Fsp3) is 0.700. The van der Waals surface area contributed by atoms with Gasteiger partial charge in [-0.2, -0.15) is 4.73 Å². The van der Waals surface area contributed by atoms with Crippen LogP contribution in [0.1, 0.15) is 64.5 Å². The maximum absolute atomic E-state index is 12.0. The molecule has 1 atom stereocenters. The minimum Gasteiger partial charge on any atom is -0.618 e. The van der Waals surface area contributed by atoms with E-state index in [0.29, 0.717) is 12.0 Å². The third-order valence-electron chi connectivity index (χ3n) is 5.43. The average Bonchev–Trinajstić information content (AvgIpc) is 3.02. The van der Waals surface area contributed by atoms with E-state index in [1.165, 1.54) is 0 Å². The molecule has 144 valence electrons. The van der Waals surface area contributed by atoms with Crippen LogP contribution in [0.2, 0.25) is 0 Å². The highest BCUT2D eigenvalue weighted by Crippen LogP contribution is 2.34. The molecule has 6 nitrogen and oxygen atoms in total. The second kappa shape index (κ2) is 7.82. The Hall–Kier alpha value is -1.82. The van der Waals surface area contributed by atoms with Gasteiger partial charge in [-0.25, -0.2) is 4.79 Å². The number of hydrogen-bond donors (Lipinski definition) is 1. The van der Waals surface area contributed by atoms with Crippen molar-refractivity contribution in [2.75, 3.05) is 13.1 Å². The number of nitrogens with one attached hydrogen (secondary N) is 1. The Bertz CT molecular complexity index is 621. The highest BCUT2D eigenvalue weighted by atomic mass is 16.6. The Balaban J connectivity index is 1.46. The monoisotopic (exact) mass is 361 g/mol. The molecular formula is C20H31N3O3. The zero-order valence-electron chi connectivity index (χ0n) is 16.1. The molecule has 2 heterocycles. The number of hydrogen-bond acceptors (Lipinski definition) is 4. The number of ether oxygens (including phenoxy) is 1. The Morgan fingerprint density at radius 2 is 1.96 bits per heavy atom. The van der Waals surface area contributed by atoms with Gasteiger partial charge in [0.15, 0.2) is 11.9 Å². The lowest BCUT2D eigenvalue weighted by Crippen LogP contribution is -2.43. The molecule has 1 saturated heterocycles. The van der Waals surface area contributed by atoms with Crippen LogP contribution in [0.5, 0.6) is 0 Å². The fourth-order valence-corrected chi connectivity index (χ4v) is 4.21. The van der Waals surface area contributed by atoms with Crippen LogP contribution in [0, 0.1) is 5.21 Å². The van der Waals surface area contributed by atoms with E-state index in [1.54, 1.807) is 12.3 Å². The predicted molar refractivity (Wildman–Crippen MR) is 99.7 cm³/mol. The zero-order chi connectivity index (χ0) is 18.7. The molecule has 1 unspecified atom stereocenters. The molecule has 1 aromatic rings. The molecule has 3 rings (SSSR count). The van der Waals surface area contributed by atoms with Crippen molar-refractivity contribution in [3.8, 4) is 0 Å². The van der Waals surface area contributed by atoms with Crippen molar-refractivity contribution in [3.05, 3.63) is 35.3 Å². The number of likely N-dealkylation sites (tertiary alicyclic amines) is 1. The molecule has 1 aliphatic carbocycles. The lowest BCUT2D eigenvalue weighted by Gasteiger charge is -2.34. The summed E-state index contributed by atoms with van der Waals surface area (Å²) in [6.07, 6.45) is 6.57. The van der Waals surface area contributed by atoms with Crippen LogP contribution in [0.4, 0.5) is 4.79 Å². The Morgan fingerprint density at radius 3 is 2.62 bits per heavy atom. The van der Waals surface area contributed by atoms with Crippen molar-refractivity contribution in [2.45, 2.75) is 76.5 Å². The summed E-state index contributed by atoms with van der Waals surface area (Å²) in [6, 6.07) is 6.41. The first-order valence-electron chi connectivity index (χ1n) is 9.73. The van der Waals surface area contributed by atoms with Gasteiger partial charge in [0.2, 0.25) is 0 Å². The number of carbonyl (C=O) groups excluding carboxylic acids is 1. The molecule has 1 aliphatic heterocycles. The normalized spacial score (nSPS) is 27.3. The van der Waals surface area contributed by atoms with E-state index in [2.05, 4.69) is 10.2 Å². The summed E-state index contributed by atoms with van der Waals surface area (Å²) in [5.41, 5.74) is 0.438. The third-order valence-corrected chi connectivity index (χ3v) is 5.43. The summed E-state index contributed by atoms with van der Waals surface area (Å²) < 4.78 is 6.37. The minimum atomic E-state index is -0.462. The minimum absolute atomic E-state index is 0.167. The average molecular weight is 361 g/mol. The smallest absolute Gasteiger partial charge is 0.407 e. The van der Waals surface area contributed by atoms with Gasteiger partial charge in [0, 0.05) is 43.2 Å². The number of alkyl carbamates (subject to hydrolysis) is 1. The molecule has 1 amide bonds. The standard InChI is InChI=1S/C20H31N3O3/c1-20(2,3)26-19(24)21-16-11-13-22(14-16)17-9-7-15(8-10-17)18-6-4-5-12-23(18)25/h4-6,12,15-17H,7-11,13-14H2,1-3H3,(H,21,24)/t15-,16?,17-. The van der Waals surface area contributed by atoms with E-state index in [-0.39, 0.29) is 12.1 Å². The van der Waals surface area contributed by atoms with Crippen LogP contribution in [0.25, 0.3) is 0 Å². The zero-order valence-corrected chi connectivity index (χ0v) is 16.1. The van der Waals surface area contributed by atoms with Gasteiger partial charge in [0.05, 0.1) is 0 Å². The van der Waals surface area contributed by atoms with Gasteiger partial charge in [0.1, 0.15) is 5.60 Å². The molecule has 0 bridgehead atoms. The van der Waals surface area contributed by atoms with Crippen LogP contribution in [-0.2, 0) is 4.74 Å². The summed E-state index contributed by atoms with van der Waals surface area (Å²) >= 11 is 0. The van der Waals surface area contributed by atoms with Crippen molar-refractivity contribution >= 4 is 6.09 Å². The van der Waals surface area contributed by atoms with E-state index in [4.69, 9.17) is 4.74 Å². The number of carbonyl (C=O) groups is 1. The van der Waals surface area contributed by atoms with Crippen molar-refractivity contribution in [3.63, 3.8) is 0 Å². The molecule has 0 radical (unpaired) electrons. The lowest BCUT2D eigenvalue weighted by molar-refractivity contribution is -0.616. The van der Waals surface area contributed by atoms with Crippen molar-refractivity contribution in [1.29, 1.82) is 0 Å². The molecular weight excluding hydrogens is 330 g/mol. The topological polar surface area (TPSA) is 68.5 Å². The first-order valence-corrected chi connectivity index (χ1v) is 9.73. The highest BCUT2D eigenvalue weighted by Gasteiger charge is 2.34. The molecule has 1 saturated carbocycles. The van der Waals surface area contributed by atoms with E-state index in [9.17, 15) is 10.0 Å². The summed E-state index contributed by atoms with van der Waals surface area (Å²) in [4.78, 5) is 14.4.